The average molecular weight is 763 g/mol. The van der Waals surface area contributed by atoms with Crippen LogP contribution in [0.5, 0.6) is 0 Å². The number of rotatable bonds is 11. The Hall–Kier alpha value is -1.40. The zero-order valence-electron chi connectivity index (χ0n) is 26.6. The van der Waals surface area contributed by atoms with Gasteiger partial charge >= 0.3 is 88.7 Å². The van der Waals surface area contributed by atoms with Gasteiger partial charge < -0.3 is 25.0 Å². The molecule has 1 aliphatic rings. The molecule has 5 aromatic rings. The van der Waals surface area contributed by atoms with Gasteiger partial charge in [0.15, 0.2) is 11.6 Å². The predicted molar refractivity (Wildman–Crippen MR) is 162 cm³/mol. The van der Waals surface area contributed by atoms with Crippen LogP contribution >= 0.6 is 24.1 Å². The van der Waals surface area contributed by atoms with E-state index in [9.17, 15) is 37.9 Å². The van der Waals surface area contributed by atoms with Gasteiger partial charge in [0.2, 0.25) is 0 Å². The standard InChI is InChI=1S/C30H20N2O12S3.3Na/c1-32-22-12-11-21(31-20-10-9-17(47(38,39)40)14-23(20)46-44-42-37)25-26(22)24(18-7-2-3-8-19(18)29(25)34)27(30(32)35)28(33)15-5-4-6-16(13-15)45-43-41-36;;;/h2-14,31,36-37H,1H3,(H,38,39,40);;;/q;3*+1/p-3. The van der Waals surface area contributed by atoms with Crippen molar-refractivity contribution in [2.24, 2.45) is 7.05 Å². The Morgan fingerprint density at radius 1 is 0.800 bits per heavy atom. The quantitative estimate of drug-likeness (QED) is 0.0326. The fraction of sp³-hybridized carbons (Fsp3) is 0.0333. The summed E-state index contributed by atoms with van der Waals surface area (Å²) in [6.45, 7) is 0. The SMILES string of the molecule is Cn1c(=O)c(C(=O)c2cccc(SOO[O-])c2)c2c3c(c(Nc4ccc(S(=O)(=O)[O-])cc4SOO[O-])ccc31)C(=O)c1ccccc1-2.[Na+].[Na+].[Na+]. The van der Waals surface area contributed by atoms with Crippen molar-refractivity contribution in [3.05, 3.63) is 111 Å². The maximum absolute atomic E-state index is 14.2. The zero-order valence-corrected chi connectivity index (χ0v) is 35.0. The third kappa shape index (κ3) is 8.37. The number of nitrogens with one attached hydrogen (secondary N) is 1. The molecule has 0 unspecified atom stereocenters. The number of aromatic nitrogens is 1. The van der Waals surface area contributed by atoms with Crippen LogP contribution < -0.4 is 110 Å². The van der Waals surface area contributed by atoms with Gasteiger partial charge in [-0.3, -0.25) is 24.5 Å². The Morgan fingerprint density at radius 2 is 1.46 bits per heavy atom. The molecule has 0 fully saturated rings. The molecule has 0 atom stereocenters. The molecule has 6 rings (SSSR count). The molecule has 0 bridgehead atoms. The maximum Gasteiger partial charge on any atom is 1.00 e. The summed E-state index contributed by atoms with van der Waals surface area (Å²) in [4.78, 5) is 41.9. The monoisotopic (exact) mass is 762 g/mol. The van der Waals surface area contributed by atoms with E-state index in [1.54, 1.807) is 36.4 Å². The van der Waals surface area contributed by atoms with E-state index in [0.29, 0.717) is 40.1 Å². The molecule has 1 N–H and O–H groups in total. The van der Waals surface area contributed by atoms with Gasteiger partial charge in [0, 0.05) is 34.0 Å². The number of hydrogen-bond donors (Lipinski definition) is 1. The summed E-state index contributed by atoms with van der Waals surface area (Å²) in [5, 5.41) is 31.0. The molecule has 4 aromatic carbocycles. The van der Waals surface area contributed by atoms with E-state index in [1.165, 1.54) is 41.9 Å². The Labute approximate surface area is 358 Å². The van der Waals surface area contributed by atoms with Crippen molar-refractivity contribution in [1.29, 1.82) is 0 Å². The van der Waals surface area contributed by atoms with Crippen LogP contribution in [0.15, 0.2) is 98.3 Å². The first-order chi connectivity index (χ1) is 22.5. The predicted octanol–water partition coefficient (Wildman–Crippen LogP) is -5.90. The van der Waals surface area contributed by atoms with Gasteiger partial charge in [-0.15, -0.1) is 0 Å². The van der Waals surface area contributed by atoms with E-state index < -0.39 is 32.1 Å². The second kappa shape index (κ2) is 18.1. The molecule has 0 amide bonds. The fourth-order valence-corrected chi connectivity index (χ4v) is 6.87. The van der Waals surface area contributed by atoms with Gasteiger partial charge in [-0.1, -0.05) is 36.4 Å². The van der Waals surface area contributed by atoms with Crippen LogP contribution in [0.1, 0.15) is 31.8 Å². The van der Waals surface area contributed by atoms with Crippen molar-refractivity contribution in [3.63, 3.8) is 0 Å². The van der Waals surface area contributed by atoms with Gasteiger partial charge in [0.05, 0.1) is 61.9 Å². The first kappa shape index (κ1) is 43.0. The molecule has 0 saturated carbocycles. The third-order valence-corrected chi connectivity index (χ3v) is 9.42. The molecule has 1 aliphatic carbocycles. The third-order valence-electron chi connectivity index (χ3n) is 7.38. The number of carbonyl (C=O) groups is 2. The van der Waals surface area contributed by atoms with Crippen LogP contribution in [0.3, 0.4) is 0 Å². The second-order valence-electron chi connectivity index (χ2n) is 9.90. The van der Waals surface area contributed by atoms with Gasteiger partial charge in [-0.2, -0.15) is 8.67 Å². The summed E-state index contributed by atoms with van der Waals surface area (Å²) < 4.78 is 45.0. The maximum atomic E-state index is 14.2. The number of aryl methyl sites for hydroxylation is 1. The first-order valence-corrected chi connectivity index (χ1v) is 16.1. The Kier molecular flexibility index (Phi) is 15.6. The summed E-state index contributed by atoms with van der Waals surface area (Å²) in [7, 11) is -3.42. The van der Waals surface area contributed by atoms with Crippen LogP contribution in [0.25, 0.3) is 22.0 Å². The molecule has 0 aliphatic heterocycles. The number of ketones is 2. The van der Waals surface area contributed by atoms with Crippen LogP contribution in [-0.4, -0.2) is 29.1 Å². The molecular formula is C30H17N2Na3O12S3. The van der Waals surface area contributed by atoms with E-state index >= 15 is 0 Å². The summed E-state index contributed by atoms with van der Waals surface area (Å²) in [6, 6.07) is 18.8. The van der Waals surface area contributed by atoms with Crippen molar-refractivity contribution >= 4 is 68.0 Å². The number of benzene rings is 4. The van der Waals surface area contributed by atoms with Crippen LogP contribution in [0.4, 0.5) is 11.4 Å². The van der Waals surface area contributed by atoms with Crippen molar-refractivity contribution in [2.45, 2.75) is 14.7 Å². The van der Waals surface area contributed by atoms with E-state index in [4.69, 9.17) is 0 Å². The normalized spacial score (nSPS) is 11.6. The molecule has 14 nitrogen and oxygen atoms in total. The number of fused-ring (bicyclic) bond motifs is 2. The average Bonchev–Trinajstić information content (AvgIpc) is 3.07. The molecule has 1 aromatic heterocycles. The number of hydrogen-bond acceptors (Lipinski definition) is 15. The molecule has 240 valence electrons. The fourth-order valence-electron chi connectivity index (χ4n) is 5.40. The molecule has 50 heavy (non-hydrogen) atoms. The minimum absolute atomic E-state index is 0. The van der Waals surface area contributed by atoms with Crippen molar-refractivity contribution in [3.8, 4) is 11.1 Å². The molecule has 0 radical (unpaired) electrons. The molecule has 20 heteroatoms. The van der Waals surface area contributed by atoms with Gasteiger partial charge in [-0.25, -0.2) is 8.42 Å². The molecule has 0 saturated heterocycles. The van der Waals surface area contributed by atoms with Crippen LogP contribution in [-0.2, 0) is 35.9 Å². The second-order valence-corrected chi connectivity index (χ2v) is 12.8. The minimum atomic E-state index is -4.88. The van der Waals surface area contributed by atoms with Crippen LogP contribution in [0, 0.1) is 0 Å². The largest absolute Gasteiger partial charge is 1.00 e. The van der Waals surface area contributed by atoms with Gasteiger partial charge in [-0.05, 0) is 48.0 Å². The first-order valence-electron chi connectivity index (χ1n) is 13.2. The Morgan fingerprint density at radius 3 is 2.14 bits per heavy atom. The van der Waals surface area contributed by atoms with E-state index in [2.05, 4.69) is 24.1 Å². The zero-order chi connectivity index (χ0) is 33.5. The number of pyridine rings is 1. The number of nitrogens with zero attached hydrogens (tertiary/aromatic N) is 1. The molecule has 0 spiro atoms. The van der Waals surface area contributed by atoms with E-state index in [0.717, 1.165) is 12.1 Å². The summed E-state index contributed by atoms with van der Waals surface area (Å²) >= 11 is 0.894. The topological polar surface area (TPSA) is 208 Å². The number of anilines is 2. The van der Waals surface area contributed by atoms with E-state index in [1.807, 2.05) is 0 Å². The number of carbonyl (C=O) groups excluding carboxylic acids is 2. The van der Waals surface area contributed by atoms with Crippen molar-refractivity contribution in [1.82, 2.24) is 4.57 Å². The Bertz CT molecular complexity index is 2290. The summed E-state index contributed by atoms with van der Waals surface area (Å²) in [5.41, 5.74) is 0.746. The van der Waals surface area contributed by atoms with Crippen molar-refractivity contribution < 1.29 is 140 Å². The molecule has 1 heterocycles. The smallest absolute Gasteiger partial charge is 0.744 e. The van der Waals surface area contributed by atoms with E-state index in [-0.39, 0.29) is 138 Å². The van der Waals surface area contributed by atoms with Gasteiger partial charge in [0.1, 0.15) is 10.1 Å². The summed E-state index contributed by atoms with van der Waals surface area (Å²) in [5.74, 6) is -1.11. The summed E-state index contributed by atoms with van der Waals surface area (Å²) in [6.07, 6.45) is 0. The Balaban J connectivity index is 0.00000225. The van der Waals surface area contributed by atoms with Crippen molar-refractivity contribution in [2.75, 3.05) is 5.32 Å². The van der Waals surface area contributed by atoms with Gasteiger partial charge in [0.25, 0.3) is 5.56 Å². The van der Waals surface area contributed by atoms with Crippen LogP contribution in [0.2, 0.25) is 0 Å². The molecular weight excluding hydrogens is 746 g/mol. The minimum Gasteiger partial charge on any atom is -0.744 e.